The van der Waals surface area contributed by atoms with Crippen molar-refractivity contribution in [3.05, 3.63) is 47.9 Å². The molecular formula is C11H8N4. The summed E-state index contributed by atoms with van der Waals surface area (Å²) in [5.74, 6) is 1.44. The van der Waals surface area contributed by atoms with Gasteiger partial charge in [0.15, 0.2) is 11.7 Å². The lowest BCUT2D eigenvalue weighted by atomic mass is 10.3. The maximum absolute atomic E-state index is 4.41. The molecule has 0 saturated carbocycles. The first kappa shape index (κ1) is 8.11. The van der Waals surface area contributed by atoms with Crippen LogP contribution in [0.5, 0.6) is 0 Å². The van der Waals surface area contributed by atoms with Gasteiger partial charge < -0.3 is 5.32 Å². The second-order valence-electron chi connectivity index (χ2n) is 3.19. The number of nitrogens with zero attached hydrogens (tertiary/aromatic N) is 3. The van der Waals surface area contributed by atoms with E-state index in [2.05, 4.69) is 20.3 Å². The molecule has 0 fully saturated rings. The standard InChI is InChI=1S/C11H8N4/c1-3-8-7-14-9-4-2-6-13-11(9)15-10(8)12-5-1/h1-7H,(H,12,13,15). The second-order valence-corrected chi connectivity index (χ2v) is 3.19. The monoisotopic (exact) mass is 196 g/mol. The molecular weight excluding hydrogens is 188 g/mol. The molecule has 2 aliphatic rings. The van der Waals surface area contributed by atoms with Gasteiger partial charge in [-0.25, -0.2) is 9.98 Å². The van der Waals surface area contributed by atoms with Crippen molar-refractivity contribution in [3.8, 4) is 0 Å². The Kier molecular flexibility index (Phi) is 1.71. The van der Waals surface area contributed by atoms with Crippen LogP contribution in [0.2, 0.25) is 0 Å². The van der Waals surface area contributed by atoms with Gasteiger partial charge in [-0.2, -0.15) is 0 Å². The van der Waals surface area contributed by atoms with Crippen LogP contribution in [-0.2, 0) is 0 Å². The predicted octanol–water partition coefficient (Wildman–Crippen LogP) is 1.54. The van der Waals surface area contributed by atoms with Crippen LogP contribution in [0.25, 0.3) is 0 Å². The quantitative estimate of drug-likeness (QED) is 0.684. The molecule has 0 unspecified atom stereocenters. The number of aromatic nitrogens is 1. The first-order chi connectivity index (χ1) is 7.43. The van der Waals surface area contributed by atoms with Gasteiger partial charge >= 0.3 is 0 Å². The molecule has 0 bridgehead atoms. The van der Waals surface area contributed by atoms with Crippen molar-refractivity contribution in [1.29, 1.82) is 0 Å². The van der Waals surface area contributed by atoms with E-state index in [-0.39, 0.29) is 0 Å². The van der Waals surface area contributed by atoms with Crippen molar-refractivity contribution in [2.24, 2.45) is 9.98 Å². The Morgan fingerprint density at radius 1 is 1.27 bits per heavy atom. The minimum absolute atomic E-state index is 0.697. The number of dihydropyridines is 1. The SMILES string of the molecule is C1=CNC2=Nc3ncccc3C=NC2=C1. The molecule has 72 valence electrons. The smallest absolute Gasteiger partial charge is 0.163 e. The van der Waals surface area contributed by atoms with Gasteiger partial charge in [-0.1, -0.05) is 0 Å². The average molecular weight is 196 g/mol. The fourth-order valence-corrected chi connectivity index (χ4v) is 1.46. The Hall–Kier alpha value is -2.23. The molecule has 3 heterocycles. The summed E-state index contributed by atoms with van der Waals surface area (Å²) in [6.45, 7) is 0. The zero-order valence-corrected chi connectivity index (χ0v) is 7.88. The molecule has 1 aromatic heterocycles. The largest absolute Gasteiger partial charge is 0.345 e. The van der Waals surface area contributed by atoms with Crippen molar-refractivity contribution >= 4 is 17.9 Å². The molecule has 0 radical (unpaired) electrons. The fraction of sp³-hybridized carbons (Fsp3) is 0. The summed E-state index contributed by atoms with van der Waals surface area (Å²) in [7, 11) is 0. The highest BCUT2D eigenvalue weighted by atomic mass is 15.1. The zero-order chi connectivity index (χ0) is 10.1. The van der Waals surface area contributed by atoms with Crippen molar-refractivity contribution in [2.45, 2.75) is 0 Å². The molecule has 0 aromatic carbocycles. The number of hydrogen-bond acceptors (Lipinski definition) is 4. The van der Waals surface area contributed by atoms with Crippen LogP contribution in [-0.4, -0.2) is 17.0 Å². The first-order valence-corrected chi connectivity index (χ1v) is 4.65. The average Bonchev–Trinajstić information content (AvgIpc) is 2.48. The fourth-order valence-electron chi connectivity index (χ4n) is 1.46. The van der Waals surface area contributed by atoms with Gasteiger partial charge in [-0.3, -0.25) is 4.99 Å². The first-order valence-electron chi connectivity index (χ1n) is 4.65. The number of hydrogen-bond donors (Lipinski definition) is 1. The van der Waals surface area contributed by atoms with Crippen LogP contribution in [0.3, 0.4) is 0 Å². The number of rotatable bonds is 0. The van der Waals surface area contributed by atoms with Crippen molar-refractivity contribution in [1.82, 2.24) is 10.3 Å². The summed E-state index contributed by atoms with van der Waals surface area (Å²) >= 11 is 0. The summed E-state index contributed by atoms with van der Waals surface area (Å²) in [4.78, 5) is 12.9. The third-order valence-electron chi connectivity index (χ3n) is 2.19. The topological polar surface area (TPSA) is 49.6 Å². The van der Waals surface area contributed by atoms with Crippen LogP contribution < -0.4 is 5.32 Å². The van der Waals surface area contributed by atoms with E-state index in [1.54, 1.807) is 12.4 Å². The van der Waals surface area contributed by atoms with E-state index in [1.165, 1.54) is 0 Å². The summed E-state index contributed by atoms with van der Waals surface area (Å²) in [5.41, 5.74) is 1.76. The number of aliphatic imine (C=N–C) groups is 2. The van der Waals surface area contributed by atoms with E-state index in [9.17, 15) is 0 Å². The number of nitrogens with one attached hydrogen (secondary N) is 1. The highest BCUT2D eigenvalue weighted by Gasteiger charge is 2.12. The molecule has 4 nitrogen and oxygen atoms in total. The number of fused-ring (bicyclic) bond motifs is 2. The van der Waals surface area contributed by atoms with Gasteiger partial charge in [-0.15, -0.1) is 0 Å². The lowest BCUT2D eigenvalue weighted by Gasteiger charge is -2.07. The highest BCUT2D eigenvalue weighted by molar-refractivity contribution is 6.05. The van der Waals surface area contributed by atoms with Crippen molar-refractivity contribution in [3.63, 3.8) is 0 Å². The van der Waals surface area contributed by atoms with Gasteiger partial charge in [-0.05, 0) is 24.3 Å². The number of allylic oxidation sites excluding steroid dienone is 2. The summed E-state index contributed by atoms with van der Waals surface area (Å²) in [5, 5.41) is 3.05. The molecule has 2 aliphatic heterocycles. The second kappa shape index (κ2) is 3.16. The Morgan fingerprint density at radius 2 is 2.27 bits per heavy atom. The third-order valence-corrected chi connectivity index (χ3v) is 2.19. The van der Waals surface area contributed by atoms with E-state index in [4.69, 9.17) is 0 Å². The summed E-state index contributed by atoms with van der Waals surface area (Å²) < 4.78 is 0. The lowest BCUT2D eigenvalue weighted by Crippen LogP contribution is -2.20. The molecule has 0 amide bonds. The van der Waals surface area contributed by atoms with Crippen LogP contribution in [0.1, 0.15) is 5.56 Å². The van der Waals surface area contributed by atoms with Crippen LogP contribution in [0, 0.1) is 0 Å². The van der Waals surface area contributed by atoms with Crippen LogP contribution in [0.4, 0.5) is 5.82 Å². The maximum Gasteiger partial charge on any atom is 0.163 e. The highest BCUT2D eigenvalue weighted by Crippen LogP contribution is 2.19. The number of amidine groups is 1. The minimum atomic E-state index is 0.697. The minimum Gasteiger partial charge on any atom is -0.345 e. The zero-order valence-electron chi connectivity index (χ0n) is 7.88. The van der Waals surface area contributed by atoms with Gasteiger partial charge in [0.25, 0.3) is 0 Å². The number of pyridine rings is 1. The summed E-state index contributed by atoms with van der Waals surface area (Å²) in [6.07, 6.45) is 9.15. The van der Waals surface area contributed by atoms with Gasteiger partial charge in [0.2, 0.25) is 0 Å². The Labute approximate surface area is 86.8 Å². The van der Waals surface area contributed by atoms with Gasteiger partial charge in [0, 0.05) is 24.2 Å². The third kappa shape index (κ3) is 1.36. The van der Waals surface area contributed by atoms with Crippen LogP contribution in [0.15, 0.2) is 52.4 Å². The lowest BCUT2D eigenvalue weighted by molar-refractivity contribution is 1.18. The van der Waals surface area contributed by atoms with E-state index >= 15 is 0 Å². The molecule has 0 saturated heterocycles. The molecule has 15 heavy (non-hydrogen) atoms. The van der Waals surface area contributed by atoms with E-state index in [0.29, 0.717) is 5.82 Å². The predicted molar refractivity (Wildman–Crippen MR) is 59.3 cm³/mol. The molecule has 4 heteroatoms. The molecule has 0 atom stereocenters. The Morgan fingerprint density at radius 3 is 3.27 bits per heavy atom. The molecule has 3 rings (SSSR count). The van der Waals surface area contributed by atoms with Gasteiger partial charge in [0.1, 0.15) is 5.70 Å². The normalized spacial score (nSPS) is 16.8. The molecule has 0 spiro atoms. The molecule has 0 aliphatic carbocycles. The van der Waals surface area contributed by atoms with E-state index in [0.717, 1.165) is 17.1 Å². The molecule has 1 aromatic rings. The van der Waals surface area contributed by atoms with Gasteiger partial charge in [0.05, 0.1) is 0 Å². The molecule has 1 N–H and O–H groups in total. The van der Waals surface area contributed by atoms with Crippen molar-refractivity contribution < 1.29 is 0 Å². The Balaban J connectivity index is 2.20. The summed E-state index contributed by atoms with van der Waals surface area (Å²) in [6, 6.07) is 3.82. The maximum atomic E-state index is 4.41. The Bertz CT molecular complexity index is 523. The van der Waals surface area contributed by atoms with Crippen LogP contribution >= 0.6 is 0 Å². The van der Waals surface area contributed by atoms with E-state index < -0.39 is 0 Å². The van der Waals surface area contributed by atoms with E-state index in [1.807, 2.05) is 30.5 Å². The van der Waals surface area contributed by atoms with Crippen molar-refractivity contribution in [2.75, 3.05) is 0 Å².